The molecule has 0 saturated carbocycles. The number of rotatable bonds is 4. The predicted molar refractivity (Wildman–Crippen MR) is 72.4 cm³/mol. The van der Waals surface area contributed by atoms with Crippen molar-refractivity contribution in [3.63, 3.8) is 0 Å². The van der Waals surface area contributed by atoms with Crippen molar-refractivity contribution >= 4 is 23.2 Å². The second kappa shape index (κ2) is 5.39. The van der Waals surface area contributed by atoms with Crippen molar-refractivity contribution in [2.45, 2.75) is 45.2 Å². The molecule has 0 spiro atoms. The van der Waals surface area contributed by atoms with Gasteiger partial charge in [-0.3, -0.25) is 0 Å². The lowest BCUT2D eigenvalue weighted by molar-refractivity contribution is 0.380. The number of nitrogens with one attached hydrogen (secondary N) is 1. The molecule has 1 unspecified atom stereocenters. The summed E-state index contributed by atoms with van der Waals surface area (Å²) in [6.07, 6.45) is 0. The predicted octanol–water partition coefficient (Wildman–Crippen LogP) is 4.14. The van der Waals surface area contributed by atoms with Crippen LogP contribution in [0.2, 0.25) is 5.02 Å². The van der Waals surface area contributed by atoms with Gasteiger partial charge < -0.3 is 5.32 Å². The molecule has 3 heteroatoms. The summed E-state index contributed by atoms with van der Waals surface area (Å²) in [4.78, 5) is 0. The molecule has 1 rings (SSSR count). The molecule has 0 saturated heterocycles. The van der Waals surface area contributed by atoms with E-state index in [2.05, 4.69) is 31.3 Å². The van der Waals surface area contributed by atoms with Crippen LogP contribution in [0.1, 0.15) is 31.9 Å². The van der Waals surface area contributed by atoms with Gasteiger partial charge in [0.1, 0.15) is 0 Å². The summed E-state index contributed by atoms with van der Waals surface area (Å²) >= 11 is 12.3. The Labute approximate surface area is 108 Å². The summed E-state index contributed by atoms with van der Waals surface area (Å²) in [6, 6.07) is 6.11. The van der Waals surface area contributed by atoms with Crippen LogP contribution in [-0.2, 0) is 6.54 Å². The van der Waals surface area contributed by atoms with Gasteiger partial charge in [0.25, 0.3) is 0 Å². The summed E-state index contributed by atoms with van der Waals surface area (Å²) in [6.45, 7) is 8.95. The Morgan fingerprint density at radius 1 is 1.38 bits per heavy atom. The summed E-state index contributed by atoms with van der Waals surface area (Å²) in [5, 5.41) is 4.30. The number of aryl methyl sites for hydroxylation is 1. The highest BCUT2D eigenvalue weighted by Gasteiger charge is 2.23. The van der Waals surface area contributed by atoms with Gasteiger partial charge in [0.2, 0.25) is 0 Å². The summed E-state index contributed by atoms with van der Waals surface area (Å²) in [5.41, 5.74) is 2.19. The van der Waals surface area contributed by atoms with Crippen molar-refractivity contribution in [3.8, 4) is 0 Å². The zero-order valence-electron chi connectivity index (χ0n) is 10.3. The fraction of sp³-hybridized carbons (Fsp3) is 0.538. The number of hydrogen-bond donors (Lipinski definition) is 1. The van der Waals surface area contributed by atoms with Crippen LogP contribution < -0.4 is 5.32 Å². The molecule has 0 amide bonds. The smallest absolute Gasteiger partial charge is 0.0484 e. The van der Waals surface area contributed by atoms with Gasteiger partial charge >= 0.3 is 0 Å². The lowest BCUT2D eigenvalue weighted by atomic mass is 10.0. The molecule has 0 aromatic heterocycles. The van der Waals surface area contributed by atoms with Crippen molar-refractivity contribution in [1.82, 2.24) is 5.32 Å². The second-order valence-corrected chi connectivity index (χ2v) is 5.85. The third-order valence-electron chi connectivity index (χ3n) is 2.94. The lowest BCUT2D eigenvalue weighted by Crippen LogP contribution is -2.45. The maximum atomic E-state index is 6.16. The third-order valence-corrected chi connectivity index (χ3v) is 3.83. The van der Waals surface area contributed by atoms with E-state index in [0.717, 1.165) is 17.1 Å². The Bertz CT molecular complexity index is 359. The van der Waals surface area contributed by atoms with Gasteiger partial charge in [-0.2, -0.15) is 0 Å². The Balaban J connectivity index is 2.68. The first-order valence-corrected chi connectivity index (χ1v) is 6.28. The van der Waals surface area contributed by atoms with Crippen LogP contribution in [0, 0.1) is 6.92 Å². The van der Waals surface area contributed by atoms with E-state index in [0.29, 0.717) is 0 Å². The molecule has 0 heterocycles. The van der Waals surface area contributed by atoms with E-state index in [1.54, 1.807) is 0 Å². The maximum Gasteiger partial charge on any atom is 0.0484 e. The van der Waals surface area contributed by atoms with E-state index in [4.69, 9.17) is 23.2 Å². The topological polar surface area (TPSA) is 12.0 Å². The average molecular weight is 260 g/mol. The Hall–Kier alpha value is -0.240. The maximum absolute atomic E-state index is 6.16. The second-order valence-electron chi connectivity index (χ2n) is 4.79. The lowest BCUT2D eigenvalue weighted by Gasteiger charge is -2.29. The molecule has 0 aliphatic heterocycles. The van der Waals surface area contributed by atoms with E-state index in [1.165, 1.54) is 5.56 Å². The molecule has 0 aliphatic carbocycles. The molecule has 1 aromatic rings. The molecule has 0 bridgehead atoms. The van der Waals surface area contributed by atoms with E-state index < -0.39 is 0 Å². The SMILES string of the molecule is Cc1ccc(CNC(C)(C)C(C)Cl)c(Cl)c1. The van der Waals surface area contributed by atoms with E-state index in [-0.39, 0.29) is 10.9 Å². The van der Waals surface area contributed by atoms with Crippen molar-refractivity contribution in [2.75, 3.05) is 0 Å². The summed E-state index contributed by atoms with van der Waals surface area (Å²) in [5.74, 6) is 0. The van der Waals surface area contributed by atoms with Gasteiger partial charge in [0.15, 0.2) is 0 Å². The number of hydrogen-bond acceptors (Lipinski definition) is 1. The highest BCUT2D eigenvalue weighted by atomic mass is 35.5. The molecule has 0 radical (unpaired) electrons. The molecule has 90 valence electrons. The van der Waals surface area contributed by atoms with Crippen molar-refractivity contribution in [1.29, 1.82) is 0 Å². The number of alkyl halides is 1. The first-order chi connectivity index (χ1) is 7.33. The zero-order chi connectivity index (χ0) is 12.3. The van der Waals surface area contributed by atoms with Crippen LogP contribution in [0.4, 0.5) is 0 Å². The van der Waals surface area contributed by atoms with E-state index in [9.17, 15) is 0 Å². The standard InChI is InChI=1S/C13H19Cl2N/c1-9-5-6-11(12(15)7-9)8-16-13(3,4)10(2)14/h5-7,10,16H,8H2,1-4H3. The quantitative estimate of drug-likeness (QED) is 0.802. The Kier molecular flexibility index (Phi) is 4.66. The van der Waals surface area contributed by atoms with E-state index in [1.807, 2.05) is 19.9 Å². The minimum Gasteiger partial charge on any atom is -0.306 e. The minimum absolute atomic E-state index is 0.0664. The largest absolute Gasteiger partial charge is 0.306 e. The average Bonchev–Trinajstić information content (AvgIpc) is 2.16. The molecular formula is C13H19Cl2N. The zero-order valence-corrected chi connectivity index (χ0v) is 11.8. The highest BCUT2D eigenvalue weighted by Crippen LogP contribution is 2.20. The van der Waals surface area contributed by atoms with Gasteiger partial charge in [-0.1, -0.05) is 23.7 Å². The normalized spacial score (nSPS) is 13.9. The fourth-order valence-electron chi connectivity index (χ4n) is 1.26. The monoisotopic (exact) mass is 259 g/mol. The number of benzene rings is 1. The molecule has 1 atom stereocenters. The van der Waals surface area contributed by atoms with Crippen LogP contribution in [0.3, 0.4) is 0 Å². The Morgan fingerprint density at radius 2 is 2.00 bits per heavy atom. The van der Waals surface area contributed by atoms with Crippen molar-refractivity contribution in [2.24, 2.45) is 0 Å². The van der Waals surface area contributed by atoms with Crippen LogP contribution >= 0.6 is 23.2 Å². The minimum atomic E-state index is -0.101. The Morgan fingerprint density at radius 3 is 2.50 bits per heavy atom. The van der Waals surface area contributed by atoms with Gasteiger partial charge in [-0.05, 0) is 44.9 Å². The first kappa shape index (κ1) is 13.8. The van der Waals surface area contributed by atoms with Gasteiger partial charge in [0.05, 0.1) is 0 Å². The third kappa shape index (κ3) is 3.65. The van der Waals surface area contributed by atoms with Crippen LogP contribution in [0.15, 0.2) is 18.2 Å². The molecule has 1 nitrogen and oxygen atoms in total. The molecule has 0 aliphatic rings. The van der Waals surface area contributed by atoms with Crippen molar-refractivity contribution < 1.29 is 0 Å². The fourth-order valence-corrected chi connectivity index (χ4v) is 1.64. The van der Waals surface area contributed by atoms with E-state index >= 15 is 0 Å². The van der Waals surface area contributed by atoms with Crippen LogP contribution in [0.5, 0.6) is 0 Å². The first-order valence-electron chi connectivity index (χ1n) is 5.47. The molecule has 1 N–H and O–H groups in total. The van der Waals surface area contributed by atoms with Gasteiger partial charge in [-0.25, -0.2) is 0 Å². The van der Waals surface area contributed by atoms with Gasteiger partial charge in [-0.15, -0.1) is 11.6 Å². The van der Waals surface area contributed by atoms with Crippen LogP contribution in [0.25, 0.3) is 0 Å². The molecular weight excluding hydrogens is 241 g/mol. The highest BCUT2D eigenvalue weighted by molar-refractivity contribution is 6.31. The van der Waals surface area contributed by atoms with Gasteiger partial charge in [0, 0.05) is 22.5 Å². The summed E-state index contributed by atoms with van der Waals surface area (Å²) < 4.78 is 0. The van der Waals surface area contributed by atoms with Crippen LogP contribution in [-0.4, -0.2) is 10.9 Å². The summed E-state index contributed by atoms with van der Waals surface area (Å²) in [7, 11) is 0. The van der Waals surface area contributed by atoms with Crippen molar-refractivity contribution in [3.05, 3.63) is 34.3 Å². The molecule has 0 fully saturated rings. The molecule has 16 heavy (non-hydrogen) atoms. The molecule has 1 aromatic carbocycles. The number of halogens is 2.